The van der Waals surface area contributed by atoms with Crippen LogP contribution in [0.5, 0.6) is 0 Å². The molecule has 1 aromatic rings. The van der Waals surface area contributed by atoms with Gasteiger partial charge in [0.05, 0.1) is 12.6 Å². The van der Waals surface area contributed by atoms with Crippen molar-refractivity contribution in [2.45, 2.75) is 26.4 Å². The largest absolute Gasteiger partial charge is 0.363 e. The zero-order valence-corrected chi connectivity index (χ0v) is 11.4. The van der Waals surface area contributed by atoms with Crippen LogP contribution in [0.25, 0.3) is 0 Å². The minimum Gasteiger partial charge on any atom is -0.363 e. The predicted molar refractivity (Wildman–Crippen MR) is 69.5 cm³/mol. The van der Waals surface area contributed by atoms with Gasteiger partial charge in [0, 0.05) is 6.54 Å². The number of carbonyl (C=O) groups excluding carboxylic acids is 2. The molecule has 20 heavy (non-hydrogen) atoms. The van der Waals surface area contributed by atoms with E-state index in [9.17, 15) is 9.59 Å². The molecule has 1 aliphatic heterocycles. The van der Waals surface area contributed by atoms with Gasteiger partial charge in [-0.15, -0.1) is 0 Å². The molecule has 1 aliphatic rings. The van der Waals surface area contributed by atoms with Crippen molar-refractivity contribution in [3.63, 3.8) is 0 Å². The normalized spacial score (nSPS) is 17.8. The monoisotopic (exact) mass is 279 g/mol. The van der Waals surface area contributed by atoms with Gasteiger partial charge in [-0.25, -0.2) is 4.79 Å². The molecule has 0 unspecified atom stereocenters. The van der Waals surface area contributed by atoms with Gasteiger partial charge in [0.1, 0.15) is 0 Å². The van der Waals surface area contributed by atoms with Gasteiger partial charge in [-0.05, 0) is 5.92 Å². The highest BCUT2D eigenvalue weighted by Gasteiger charge is 2.27. The van der Waals surface area contributed by atoms with E-state index in [4.69, 9.17) is 10.3 Å². The first-order valence-corrected chi connectivity index (χ1v) is 6.32. The van der Waals surface area contributed by atoms with Gasteiger partial charge in [-0.3, -0.25) is 4.79 Å². The highest BCUT2D eigenvalue weighted by Crippen LogP contribution is 2.17. The van der Waals surface area contributed by atoms with Crippen LogP contribution in [0.2, 0.25) is 0 Å². The van der Waals surface area contributed by atoms with E-state index in [0.717, 1.165) is 0 Å². The number of hydrogen-bond acceptors (Lipinski definition) is 5. The lowest BCUT2D eigenvalue weighted by atomic mass is 10.1. The second kappa shape index (κ2) is 5.72. The fourth-order valence-electron chi connectivity index (χ4n) is 2.02. The zero-order valence-electron chi connectivity index (χ0n) is 11.4. The van der Waals surface area contributed by atoms with E-state index >= 15 is 0 Å². The standard InChI is InChI=1S/C12H17N5O3/c1-7(2)8-4-3-5-17(8)12(19)14-6-9-15-11(10(13)18)16-20-9/h3-4,7-8H,5-6H2,1-2H3,(H2,13,18)(H,14,19)/t8-/m1/s1. The van der Waals surface area contributed by atoms with Crippen LogP contribution in [0.4, 0.5) is 4.79 Å². The third kappa shape index (κ3) is 2.95. The first kappa shape index (κ1) is 14.0. The van der Waals surface area contributed by atoms with Crippen molar-refractivity contribution in [1.29, 1.82) is 0 Å². The van der Waals surface area contributed by atoms with E-state index in [1.807, 2.05) is 12.2 Å². The van der Waals surface area contributed by atoms with Gasteiger partial charge >= 0.3 is 6.03 Å². The summed E-state index contributed by atoms with van der Waals surface area (Å²) in [6.07, 6.45) is 3.98. The molecule has 0 saturated heterocycles. The van der Waals surface area contributed by atoms with Crippen LogP contribution in [0.15, 0.2) is 16.7 Å². The van der Waals surface area contributed by atoms with Crippen LogP contribution >= 0.6 is 0 Å². The Bertz CT molecular complexity index is 537. The molecule has 2 heterocycles. The second-order valence-electron chi connectivity index (χ2n) is 4.85. The van der Waals surface area contributed by atoms with Gasteiger partial charge in [-0.2, -0.15) is 4.98 Å². The van der Waals surface area contributed by atoms with E-state index in [1.54, 1.807) is 4.90 Å². The highest BCUT2D eigenvalue weighted by molar-refractivity contribution is 5.88. The second-order valence-corrected chi connectivity index (χ2v) is 4.85. The molecule has 8 heteroatoms. The summed E-state index contributed by atoms with van der Waals surface area (Å²) < 4.78 is 4.80. The molecular weight excluding hydrogens is 262 g/mol. The number of hydrogen-bond donors (Lipinski definition) is 2. The lowest BCUT2D eigenvalue weighted by Gasteiger charge is -2.27. The van der Waals surface area contributed by atoms with E-state index in [1.165, 1.54) is 0 Å². The molecule has 3 amide bonds. The minimum atomic E-state index is -0.769. The summed E-state index contributed by atoms with van der Waals surface area (Å²) in [6.45, 7) is 4.74. The molecule has 108 valence electrons. The zero-order chi connectivity index (χ0) is 14.7. The Morgan fingerprint density at radius 3 is 2.95 bits per heavy atom. The van der Waals surface area contributed by atoms with Crippen molar-refractivity contribution in [2.24, 2.45) is 11.7 Å². The van der Waals surface area contributed by atoms with Crippen molar-refractivity contribution in [2.75, 3.05) is 6.54 Å². The summed E-state index contributed by atoms with van der Waals surface area (Å²) in [4.78, 5) is 28.4. The van der Waals surface area contributed by atoms with E-state index in [2.05, 4.69) is 29.3 Å². The summed E-state index contributed by atoms with van der Waals surface area (Å²) in [7, 11) is 0. The first-order chi connectivity index (χ1) is 9.49. The van der Waals surface area contributed by atoms with Crippen molar-refractivity contribution in [3.8, 4) is 0 Å². The third-order valence-electron chi connectivity index (χ3n) is 3.02. The Morgan fingerprint density at radius 1 is 1.60 bits per heavy atom. The summed E-state index contributed by atoms with van der Waals surface area (Å²) >= 11 is 0. The quantitative estimate of drug-likeness (QED) is 0.768. The number of amides is 3. The van der Waals surface area contributed by atoms with Crippen molar-refractivity contribution in [3.05, 3.63) is 23.9 Å². The number of nitrogens with one attached hydrogen (secondary N) is 1. The van der Waals surface area contributed by atoms with Gasteiger partial charge in [0.25, 0.3) is 11.7 Å². The Labute approximate surface area is 116 Å². The molecule has 0 saturated carbocycles. The Morgan fingerprint density at radius 2 is 2.35 bits per heavy atom. The predicted octanol–water partition coefficient (Wildman–Crippen LogP) is 0.275. The number of primary amides is 1. The number of aromatic nitrogens is 2. The average molecular weight is 279 g/mol. The molecule has 0 aromatic carbocycles. The average Bonchev–Trinajstić information content (AvgIpc) is 3.04. The maximum Gasteiger partial charge on any atom is 0.318 e. The van der Waals surface area contributed by atoms with Crippen LogP contribution in [-0.4, -0.2) is 39.6 Å². The van der Waals surface area contributed by atoms with Gasteiger partial charge < -0.3 is 20.5 Å². The molecular formula is C12H17N5O3. The molecule has 3 N–H and O–H groups in total. The summed E-state index contributed by atoms with van der Waals surface area (Å²) in [5.74, 6) is -0.489. The molecule has 2 rings (SSSR count). The maximum absolute atomic E-state index is 12.1. The van der Waals surface area contributed by atoms with E-state index in [-0.39, 0.29) is 30.3 Å². The summed E-state index contributed by atoms with van der Waals surface area (Å²) in [6, 6.07) is -0.133. The minimum absolute atomic E-state index is 0.0560. The van der Waals surface area contributed by atoms with Crippen molar-refractivity contribution >= 4 is 11.9 Å². The Hall–Kier alpha value is -2.38. The van der Waals surface area contributed by atoms with Crippen LogP contribution < -0.4 is 11.1 Å². The topological polar surface area (TPSA) is 114 Å². The number of nitrogens with zero attached hydrogens (tertiary/aromatic N) is 3. The lowest BCUT2D eigenvalue weighted by molar-refractivity contribution is 0.0987. The molecule has 0 radical (unpaired) electrons. The van der Waals surface area contributed by atoms with E-state index in [0.29, 0.717) is 12.5 Å². The lowest BCUT2D eigenvalue weighted by Crippen LogP contribution is -2.44. The van der Waals surface area contributed by atoms with Crippen molar-refractivity contribution < 1.29 is 14.1 Å². The highest BCUT2D eigenvalue weighted by atomic mass is 16.5. The van der Waals surface area contributed by atoms with Crippen LogP contribution in [0.1, 0.15) is 30.4 Å². The first-order valence-electron chi connectivity index (χ1n) is 6.32. The molecule has 0 spiro atoms. The van der Waals surface area contributed by atoms with Gasteiger partial charge in [-0.1, -0.05) is 31.2 Å². The summed E-state index contributed by atoms with van der Waals surface area (Å²) in [5.41, 5.74) is 5.01. The smallest absolute Gasteiger partial charge is 0.318 e. The van der Waals surface area contributed by atoms with Crippen molar-refractivity contribution in [1.82, 2.24) is 20.4 Å². The maximum atomic E-state index is 12.1. The van der Waals surface area contributed by atoms with Crippen LogP contribution in [0.3, 0.4) is 0 Å². The Balaban J connectivity index is 1.90. The number of carbonyl (C=O) groups is 2. The fourth-order valence-corrected chi connectivity index (χ4v) is 2.02. The number of nitrogens with two attached hydrogens (primary N) is 1. The molecule has 0 fully saturated rings. The number of urea groups is 1. The summed E-state index contributed by atoms with van der Waals surface area (Å²) in [5, 5.41) is 6.07. The van der Waals surface area contributed by atoms with Gasteiger partial charge in [0.15, 0.2) is 0 Å². The third-order valence-corrected chi connectivity index (χ3v) is 3.02. The van der Waals surface area contributed by atoms with Crippen LogP contribution in [0, 0.1) is 5.92 Å². The van der Waals surface area contributed by atoms with E-state index < -0.39 is 5.91 Å². The molecule has 1 atom stereocenters. The Kier molecular flexibility index (Phi) is 4.02. The fraction of sp³-hybridized carbons (Fsp3) is 0.500. The van der Waals surface area contributed by atoms with Gasteiger partial charge in [0.2, 0.25) is 5.89 Å². The SMILES string of the molecule is CC(C)[C@H]1C=CCN1C(=O)NCc1nc(C(N)=O)no1. The molecule has 8 nitrogen and oxygen atoms in total. The molecule has 0 aliphatic carbocycles. The van der Waals surface area contributed by atoms with Crippen LogP contribution in [-0.2, 0) is 6.54 Å². The number of rotatable bonds is 4. The molecule has 1 aromatic heterocycles. The molecule has 0 bridgehead atoms.